The molecule has 0 spiro atoms. The van der Waals surface area contributed by atoms with Gasteiger partial charge in [0.2, 0.25) is 5.91 Å². The molecule has 18 heavy (non-hydrogen) atoms. The van der Waals surface area contributed by atoms with Gasteiger partial charge in [0.1, 0.15) is 0 Å². The molecule has 0 aliphatic heterocycles. The minimum atomic E-state index is -0.0110. The van der Waals surface area contributed by atoms with E-state index in [0.717, 1.165) is 17.3 Å². The zero-order valence-electron chi connectivity index (χ0n) is 10.4. The third-order valence-corrected chi connectivity index (χ3v) is 3.53. The maximum absolute atomic E-state index is 11.7. The Labute approximate surface area is 121 Å². The molecule has 0 fully saturated rings. The molecule has 1 aromatic rings. The van der Waals surface area contributed by atoms with Gasteiger partial charge in [0.25, 0.3) is 0 Å². The molecule has 0 saturated heterocycles. The average molecular weight is 334 g/mol. The Bertz CT molecular complexity index is 412. The van der Waals surface area contributed by atoms with E-state index >= 15 is 0 Å². The molecule has 0 saturated carbocycles. The second kappa shape index (κ2) is 7.77. The summed E-state index contributed by atoms with van der Waals surface area (Å²) < 4.78 is 0.891. The van der Waals surface area contributed by atoms with Crippen molar-refractivity contribution in [2.45, 2.75) is 26.2 Å². The summed E-state index contributed by atoms with van der Waals surface area (Å²) >= 11 is 9.35. The molecule has 0 aliphatic carbocycles. The first-order chi connectivity index (χ1) is 8.52. The summed E-state index contributed by atoms with van der Waals surface area (Å²) in [6, 6.07) is 5.39. The van der Waals surface area contributed by atoms with Crippen molar-refractivity contribution in [1.29, 1.82) is 0 Å². The quantitative estimate of drug-likeness (QED) is 0.832. The molecular formula is C13H18BrClN2O. The lowest BCUT2D eigenvalue weighted by Gasteiger charge is -2.10. The molecule has 5 heteroatoms. The number of rotatable bonds is 6. The summed E-state index contributed by atoms with van der Waals surface area (Å²) in [6.07, 6.45) is 2.29. The van der Waals surface area contributed by atoms with Crippen molar-refractivity contribution < 1.29 is 4.79 Å². The summed E-state index contributed by atoms with van der Waals surface area (Å²) in [7, 11) is 0. The predicted molar refractivity (Wildman–Crippen MR) is 79.9 cm³/mol. The lowest BCUT2D eigenvalue weighted by molar-refractivity contribution is -0.116. The Morgan fingerprint density at radius 2 is 2.22 bits per heavy atom. The van der Waals surface area contributed by atoms with E-state index in [2.05, 4.69) is 28.2 Å². The number of carbonyl (C=O) groups excluding carboxylic acids is 1. The van der Waals surface area contributed by atoms with Crippen molar-refractivity contribution in [1.82, 2.24) is 0 Å². The highest BCUT2D eigenvalue weighted by molar-refractivity contribution is 9.10. The molecule has 3 N–H and O–H groups in total. The predicted octanol–water partition coefficient (Wildman–Crippen LogP) is 3.81. The molecule has 3 nitrogen and oxygen atoms in total. The van der Waals surface area contributed by atoms with Crippen molar-refractivity contribution in [2.24, 2.45) is 11.7 Å². The van der Waals surface area contributed by atoms with Gasteiger partial charge in [-0.3, -0.25) is 4.79 Å². The Morgan fingerprint density at radius 3 is 2.83 bits per heavy atom. The van der Waals surface area contributed by atoms with Crippen molar-refractivity contribution in [3.05, 3.63) is 27.7 Å². The van der Waals surface area contributed by atoms with E-state index in [1.807, 2.05) is 6.07 Å². The highest BCUT2D eigenvalue weighted by Crippen LogP contribution is 2.25. The number of nitrogens with two attached hydrogens (primary N) is 1. The summed E-state index contributed by atoms with van der Waals surface area (Å²) in [5, 5.41) is 3.35. The van der Waals surface area contributed by atoms with Crippen LogP contribution in [-0.4, -0.2) is 12.5 Å². The van der Waals surface area contributed by atoms with Crippen LogP contribution >= 0.6 is 27.5 Å². The van der Waals surface area contributed by atoms with Gasteiger partial charge in [-0.25, -0.2) is 0 Å². The first-order valence-corrected chi connectivity index (χ1v) is 7.15. The van der Waals surface area contributed by atoms with Gasteiger partial charge in [-0.05, 0) is 43.5 Å². The van der Waals surface area contributed by atoms with E-state index in [-0.39, 0.29) is 5.91 Å². The third kappa shape index (κ3) is 5.38. The number of nitrogens with one attached hydrogen (secondary N) is 1. The molecule has 100 valence electrons. The lowest BCUT2D eigenvalue weighted by Crippen LogP contribution is -2.14. The van der Waals surface area contributed by atoms with Gasteiger partial charge in [-0.2, -0.15) is 0 Å². The second-order valence-corrected chi connectivity index (χ2v) is 5.72. The fourth-order valence-corrected chi connectivity index (χ4v) is 2.33. The van der Waals surface area contributed by atoms with E-state index in [1.165, 1.54) is 0 Å². The Balaban J connectivity index is 2.44. The molecule has 1 atom stereocenters. The van der Waals surface area contributed by atoms with Gasteiger partial charge in [0.05, 0.1) is 10.7 Å². The smallest absolute Gasteiger partial charge is 0.224 e. The van der Waals surface area contributed by atoms with Crippen LogP contribution in [0.15, 0.2) is 22.7 Å². The standard InChI is InChI=1S/C13H18BrClN2O/c1-9(6-7-16)2-5-13(18)17-12-4-3-10(14)8-11(12)15/h3-4,8-9H,2,5-7,16H2,1H3,(H,17,18). The number of anilines is 1. The van der Waals surface area contributed by atoms with Crippen molar-refractivity contribution in [3.8, 4) is 0 Å². The first-order valence-electron chi connectivity index (χ1n) is 5.98. The zero-order valence-corrected chi connectivity index (χ0v) is 12.7. The lowest BCUT2D eigenvalue weighted by atomic mass is 10.0. The summed E-state index contributed by atoms with van der Waals surface area (Å²) in [4.78, 5) is 11.7. The number of carbonyl (C=O) groups is 1. The highest BCUT2D eigenvalue weighted by atomic mass is 79.9. The number of hydrogen-bond donors (Lipinski definition) is 2. The van der Waals surface area contributed by atoms with E-state index < -0.39 is 0 Å². The van der Waals surface area contributed by atoms with Crippen LogP contribution in [0.3, 0.4) is 0 Å². The van der Waals surface area contributed by atoms with Crippen LogP contribution in [0.4, 0.5) is 5.69 Å². The molecule has 0 aromatic heterocycles. The largest absolute Gasteiger partial charge is 0.330 e. The fourth-order valence-electron chi connectivity index (χ4n) is 1.61. The highest BCUT2D eigenvalue weighted by Gasteiger charge is 2.08. The maximum atomic E-state index is 11.7. The number of amides is 1. The van der Waals surface area contributed by atoms with Crippen molar-refractivity contribution >= 4 is 39.1 Å². The van der Waals surface area contributed by atoms with Crippen LogP contribution < -0.4 is 11.1 Å². The first kappa shape index (κ1) is 15.5. The normalized spacial score (nSPS) is 12.2. The summed E-state index contributed by atoms with van der Waals surface area (Å²) in [5.41, 5.74) is 6.12. The SMILES string of the molecule is CC(CCN)CCC(=O)Nc1ccc(Br)cc1Cl. The van der Waals surface area contributed by atoms with Crippen LogP contribution in [0.5, 0.6) is 0 Å². The molecule has 1 amide bonds. The zero-order chi connectivity index (χ0) is 13.5. The molecule has 1 unspecified atom stereocenters. The third-order valence-electron chi connectivity index (χ3n) is 2.73. The maximum Gasteiger partial charge on any atom is 0.224 e. The summed E-state index contributed by atoms with van der Waals surface area (Å²) in [6.45, 7) is 2.77. The van der Waals surface area contributed by atoms with Gasteiger partial charge in [0, 0.05) is 10.9 Å². The molecule has 0 heterocycles. The van der Waals surface area contributed by atoms with Crippen LogP contribution in [0.2, 0.25) is 5.02 Å². The molecule has 0 bridgehead atoms. The van der Waals surface area contributed by atoms with Crippen LogP contribution in [-0.2, 0) is 4.79 Å². The van der Waals surface area contributed by atoms with Crippen LogP contribution in [0, 0.1) is 5.92 Å². The Morgan fingerprint density at radius 1 is 1.50 bits per heavy atom. The molecule has 1 rings (SSSR count). The van der Waals surface area contributed by atoms with Crippen LogP contribution in [0.1, 0.15) is 26.2 Å². The number of halogens is 2. The minimum Gasteiger partial charge on any atom is -0.330 e. The molecule has 1 aromatic carbocycles. The van der Waals surface area contributed by atoms with E-state index in [4.69, 9.17) is 17.3 Å². The minimum absolute atomic E-state index is 0.0110. The number of hydrogen-bond acceptors (Lipinski definition) is 2. The van der Waals surface area contributed by atoms with Gasteiger partial charge < -0.3 is 11.1 Å². The molecule has 0 radical (unpaired) electrons. The second-order valence-electron chi connectivity index (χ2n) is 4.39. The van der Waals surface area contributed by atoms with Crippen molar-refractivity contribution in [3.63, 3.8) is 0 Å². The van der Waals surface area contributed by atoms with Gasteiger partial charge >= 0.3 is 0 Å². The fraction of sp³-hybridized carbons (Fsp3) is 0.462. The molecule has 0 aliphatic rings. The van der Waals surface area contributed by atoms with E-state index in [1.54, 1.807) is 12.1 Å². The van der Waals surface area contributed by atoms with Crippen LogP contribution in [0.25, 0.3) is 0 Å². The topological polar surface area (TPSA) is 55.1 Å². The van der Waals surface area contributed by atoms with Gasteiger partial charge in [-0.1, -0.05) is 34.5 Å². The molecular weight excluding hydrogens is 316 g/mol. The van der Waals surface area contributed by atoms with E-state index in [9.17, 15) is 4.79 Å². The average Bonchev–Trinajstić information content (AvgIpc) is 2.31. The summed E-state index contributed by atoms with van der Waals surface area (Å²) in [5.74, 6) is 0.462. The van der Waals surface area contributed by atoms with E-state index in [0.29, 0.717) is 29.6 Å². The Kier molecular flexibility index (Phi) is 6.68. The van der Waals surface area contributed by atoms with Gasteiger partial charge in [0.15, 0.2) is 0 Å². The van der Waals surface area contributed by atoms with Crippen molar-refractivity contribution in [2.75, 3.05) is 11.9 Å². The Hall–Kier alpha value is -0.580. The number of benzene rings is 1. The van der Waals surface area contributed by atoms with Gasteiger partial charge in [-0.15, -0.1) is 0 Å². The monoisotopic (exact) mass is 332 g/mol.